The van der Waals surface area contributed by atoms with Crippen molar-refractivity contribution < 1.29 is 9.84 Å². The molecule has 2 aromatic rings. The van der Waals surface area contributed by atoms with Gasteiger partial charge in [-0.3, -0.25) is 0 Å². The summed E-state index contributed by atoms with van der Waals surface area (Å²) >= 11 is 3.68. The molecule has 5 heteroatoms. The molecule has 2 rings (SSSR count). The van der Waals surface area contributed by atoms with Crippen LogP contribution in [-0.2, 0) is 10.8 Å². The summed E-state index contributed by atoms with van der Waals surface area (Å²) < 4.78 is 5.72. The molecular weight excluding hydrogens is 434 g/mol. The molecule has 0 saturated carbocycles. The van der Waals surface area contributed by atoms with Crippen LogP contribution in [0, 0.1) is 0 Å². The summed E-state index contributed by atoms with van der Waals surface area (Å²) in [5, 5.41) is 11.0. The molecule has 0 radical (unpaired) electrons. The van der Waals surface area contributed by atoms with Crippen LogP contribution < -0.4 is 10.5 Å². The second kappa shape index (κ2) is 10.8. The Hall–Kier alpha value is -1.30. The van der Waals surface area contributed by atoms with E-state index in [0.29, 0.717) is 18.9 Å². The Balaban J connectivity index is 2.19. The Kier molecular flexibility index (Phi) is 9.05. The Morgan fingerprint density at radius 2 is 1.28 bits per heavy atom. The first-order valence-corrected chi connectivity index (χ1v) is 13.1. The summed E-state index contributed by atoms with van der Waals surface area (Å²) in [4.78, 5) is 2.40. The maximum atomic E-state index is 11.0. The molecule has 0 heterocycles. The first-order chi connectivity index (χ1) is 14.7. The number of aromatic hydroxyl groups is 1. The fourth-order valence-corrected chi connectivity index (χ4v) is 5.94. The molecule has 0 aliphatic carbocycles. The predicted octanol–water partition coefficient (Wildman–Crippen LogP) is 7.73. The molecule has 0 spiro atoms. The van der Waals surface area contributed by atoms with E-state index in [1.54, 1.807) is 0 Å². The van der Waals surface area contributed by atoms with Crippen molar-refractivity contribution in [3.05, 3.63) is 47.5 Å². The molecule has 0 aromatic heterocycles. The quantitative estimate of drug-likeness (QED) is 0.221. The highest BCUT2D eigenvalue weighted by molar-refractivity contribution is 8.18. The molecule has 178 valence electrons. The van der Waals surface area contributed by atoms with Crippen molar-refractivity contribution in [1.82, 2.24) is 0 Å². The molecule has 0 aliphatic heterocycles. The third-order valence-electron chi connectivity index (χ3n) is 5.12. The van der Waals surface area contributed by atoms with Gasteiger partial charge in [0.25, 0.3) is 0 Å². The maximum absolute atomic E-state index is 11.0. The van der Waals surface area contributed by atoms with Crippen LogP contribution in [0.15, 0.2) is 46.2 Å². The lowest BCUT2D eigenvalue weighted by atomic mass is 9.79. The van der Waals surface area contributed by atoms with Crippen LogP contribution in [0.25, 0.3) is 0 Å². The van der Waals surface area contributed by atoms with E-state index < -0.39 is 0 Å². The Labute approximate surface area is 203 Å². The fraction of sp³-hybridized carbons (Fsp3) is 0.556. The van der Waals surface area contributed by atoms with E-state index in [-0.39, 0.29) is 14.9 Å². The second-order valence-corrected chi connectivity index (χ2v) is 14.4. The number of thioether (sulfide) groups is 2. The molecule has 32 heavy (non-hydrogen) atoms. The third kappa shape index (κ3) is 7.93. The van der Waals surface area contributed by atoms with Crippen LogP contribution in [0.2, 0.25) is 0 Å². The van der Waals surface area contributed by atoms with E-state index in [9.17, 15) is 5.11 Å². The zero-order valence-electron chi connectivity index (χ0n) is 21.0. The lowest BCUT2D eigenvalue weighted by Gasteiger charge is -2.30. The predicted molar refractivity (Wildman–Crippen MR) is 142 cm³/mol. The standard InChI is InChI=1S/C27H41NO2S2/c1-25(2,3)22-17-21(18-23(24(22)29)26(4,5)6)32-27(7,8)31-20-13-11-19(12-14-20)30-16-10-9-15-28/h11-14,17-18,29H,9-10,15-16,28H2,1-8H3. The van der Waals surface area contributed by atoms with Gasteiger partial charge in [-0.25, -0.2) is 0 Å². The van der Waals surface area contributed by atoms with Crippen LogP contribution in [0.3, 0.4) is 0 Å². The number of hydrogen-bond acceptors (Lipinski definition) is 5. The van der Waals surface area contributed by atoms with E-state index >= 15 is 0 Å². The van der Waals surface area contributed by atoms with Gasteiger partial charge in [-0.2, -0.15) is 0 Å². The number of unbranched alkanes of at least 4 members (excludes halogenated alkanes) is 1. The van der Waals surface area contributed by atoms with E-state index in [1.165, 1.54) is 9.79 Å². The van der Waals surface area contributed by atoms with Gasteiger partial charge in [-0.1, -0.05) is 41.5 Å². The van der Waals surface area contributed by atoms with Crippen molar-refractivity contribution in [3.8, 4) is 11.5 Å². The van der Waals surface area contributed by atoms with Gasteiger partial charge in [-0.05, 0) is 80.5 Å². The highest BCUT2D eigenvalue weighted by atomic mass is 32.2. The Morgan fingerprint density at radius 3 is 1.75 bits per heavy atom. The summed E-state index contributed by atoms with van der Waals surface area (Å²) in [6.07, 6.45) is 1.97. The maximum Gasteiger partial charge on any atom is 0.123 e. The SMILES string of the molecule is CC(C)(Sc1ccc(OCCCCN)cc1)Sc1cc(C(C)(C)C)c(O)c(C(C)(C)C)c1. The van der Waals surface area contributed by atoms with Crippen molar-refractivity contribution in [2.45, 2.75) is 92.9 Å². The highest BCUT2D eigenvalue weighted by Gasteiger charge is 2.29. The lowest BCUT2D eigenvalue weighted by molar-refractivity contribution is 0.307. The number of ether oxygens (including phenoxy) is 1. The molecule has 0 amide bonds. The van der Waals surface area contributed by atoms with Crippen molar-refractivity contribution in [1.29, 1.82) is 0 Å². The molecular formula is C27H41NO2S2. The average molecular weight is 476 g/mol. The van der Waals surface area contributed by atoms with Gasteiger partial charge in [0.05, 0.1) is 10.7 Å². The molecule has 2 aromatic carbocycles. The first-order valence-electron chi connectivity index (χ1n) is 11.4. The topological polar surface area (TPSA) is 55.5 Å². The molecule has 0 bridgehead atoms. The molecule has 3 N–H and O–H groups in total. The largest absolute Gasteiger partial charge is 0.507 e. The Bertz CT molecular complexity index is 843. The zero-order valence-corrected chi connectivity index (χ0v) is 22.7. The highest BCUT2D eigenvalue weighted by Crippen LogP contribution is 2.48. The molecule has 0 fully saturated rings. The average Bonchev–Trinajstić information content (AvgIpc) is 2.65. The zero-order chi connectivity index (χ0) is 24.2. The van der Waals surface area contributed by atoms with Gasteiger partial charge >= 0.3 is 0 Å². The Morgan fingerprint density at radius 1 is 0.781 bits per heavy atom. The summed E-state index contributed by atoms with van der Waals surface area (Å²) in [7, 11) is 0. The summed E-state index contributed by atoms with van der Waals surface area (Å²) in [6, 6.07) is 12.7. The van der Waals surface area contributed by atoms with Crippen molar-refractivity contribution in [2.75, 3.05) is 13.2 Å². The lowest BCUT2D eigenvalue weighted by Crippen LogP contribution is -2.18. The minimum atomic E-state index is -0.127. The van der Waals surface area contributed by atoms with Gasteiger partial charge in [-0.15, -0.1) is 23.5 Å². The molecule has 3 nitrogen and oxygen atoms in total. The summed E-state index contributed by atoms with van der Waals surface area (Å²) in [5.41, 5.74) is 7.29. The molecule has 0 saturated heterocycles. The van der Waals surface area contributed by atoms with Gasteiger partial charge in [0.1, 0.15) is 11.5 Å². The molecule has 0 aliphatic rings. The number of rotatable bonds is 9. The van der Waals surface area contributed by atoms with E-state index in [4.69, 9.17) is 10.5 Å². The fourth-order valence-electron chi connectivity index (χ4n) is 3.44. The van der Waals surface area contributed by atoms with E-state index in [0.717, 1.165) is 29.7 Å². The number of benzene rings is 2. The van der Waals surface area contributed by atoms with Crippen LogP contribution in [-0.4, -0.2) is 22.3 Å². The van der Waals surface area contributed by atoms with Crippen molar-refractivity contribution in [2.24, 2.45) is 5.73 Å². The van der Waals surface area contributed by atoms with Crippen LogP contribution in [0.5, 0.6) is 11.5 Å². The van der Waals surface area contributed by atoms with Gasteiger partial charge in [0, 0.05) is 20.9 Å². The summed E-state index contributed by atoms with van der Waals surface area (Å²) in [6.45, 7) is 18.8. The van der Waals surface area contributed by atoms with Crippen molar-refractivity contribution >= 4 is 23.5 Å². The number of nitrogens with two attached hydrogens (primary N) is 1. The van der Waals surface area contributed by atoms with E-state index in [1.807, 2.05) is 35.7 Å². The van der Waals surface area contributed by atoms with E-state index in [2.05, 4.69) is 79.7 Å². The normalized spacial score (nSPS) is 12.8. The van der Waals surface area contributed by atoms with Gasteiger partial charge < -0.3 is 15.6 Å². The van der Waals surface area contributed by atoms with Crippen LogP contribution in [0.1, 0.15) is 79.4 Å². The minimum Gasteiger partial charge on any atom is -0.507 e. The molecule has 0 atom stereocenters. The number of phenols is 1. The smallest absolute Gasteiger partial charge is 0.123 e. The third-order valence-corrected chi connectivity index (χ3v) is 7.58. The van der Waals surface area contributed by atoms with Crippen LogP contribution >= 0.6 is 23.5 Å². The second-order valence-electron chi connectivity index (χ2n) is 10.8. The van der Waals surface area contributed by atoms with Crippen LogP contribution in [0.4, 0.5) is 0 Å². The van der Waals surface area contributed by atoms with Gasteiger partial charge in [0.15, 0.2) is 0 Å². The van der Waals surface area contributed by atoms with Crippen molar-refractivity contribution in [3.63, 3.8) is 0 Å². The monoisotopic (exact) mass is 475 g/mol. The number of phenolic OH excluding ortho intramolecular Hbond substituents is 1. The summed E-state index contributed by atoms with van der Waals surface area (Å²) in [5.74, 6) is 1.34. The first kappa shape index (κ1) is 26.9. The van der Waals surface area contributed by atoms with Gasteiger partial charge in [0.2, 0.25) is 0 Å². The molecule has 0 unspecified atom stereocenters. The minimum absolute atomic E-state index is 0.0786. The number of hydrogen-bond donors (Lipinski definition) is 2.